The van der Waals surface area contributed by atoms with Crippen LogP contribution in [0.4, 0.5) is 4.39 Å². The van der Waals surface area contributed by atoms with Crippen molar-refractivity contribution in [3.8, 4) is 0 Å². The Bertz CT molecular complexity index is 571. The van der Waals surface area contributed by atoms with E-state index in [0.29, 0.717) is 16.7 Å². The zero-order chi connectivity index (χ0) is 14.5. The summed E-state index contributed by atoms with van der Waals surface area (Å²) in [5.74, 6) is 0.418. The average molecular weight is 316 g/mol. The van der Waals surface area contributed by atoms with Crippen LogP contribution in [0, 0.1) is 5.82 Å². The van der Waals surface area contributed by atoms with Crippen LogP contribution in [-0.4, -0.2) is 6.54 Å². The van der Waals surface area contributed by atoms with E-state index >= 15 is 0 Å². The van der Waals surface area contributed by atoms with Gasteiger partial charge in [0.15, 0.2) is 5.22 Å². The molecule has 0 spiro atoms. The molecule has 0 fully saturated rings. The third-order valence-corrected chi connectivity index (χ3v) is 3.57. The molecule has 0 aliphatic carbocycles. The minimum Gasteiger partial charge on any atom is -0.448 e. The monoisotopic (exact) mass is 315 g/mol. The molecule has 2 nitrogen and oxygen atoms in total. The maximum atomic E-state index is 13.1. The third-order valence-electron chi connectivity index (χ3n) is 3.02. The second-order valence-electron chi connectivity index (χ2n) is 4.59. The first-order valence-electron chi connectivity index (χ1n) is 6.52. The highest BCUT2D eigenvalue weighted by Gasteiger charge is 2.17. The fourth-order valence-electron chi connectivity index (χ4n) is 2.01. The zero-order valence-corrected chi connectivity index (χ0v) is 12.6. The van der Waals surface area contributed by atoms with Crippen molar-refractivity contribution in [3.63, 3.8) is 0 Å². The normalized spacial score (nSPS) is 12.6. The molecule has 1 unspecified atom stereocenters. The van der Waals surface area contributed by atoms with Gasteiger partial charge in [-0.15, -0.1) is 0 Å². The van der Waals surface area contributed by atoms with Gasteiger partial charge in [-0.3, -0.25) is 0 Å². The number of furan rings is 1. The van der Waals surface area contributed by atoms with Crippen LogP contribution in [0.2, 0.25) is 10.2 Å². The van der Waals surface area contributed by atoms with Crippen LogP contribution >= 0.6 is 23.2 Å². The predicted molar refractivity (Wildman–Crippen MR) is 79.9 cm³/mol. The summed E-state index contributed by atoms with van der Waals surface area (Å²) < 4.78 is 18.5. The molecule has 5 heteroatoms. The zero-order valence-electron chi connectivity index (χ0n) is 11.1. The second kappa shape index (κ2) is 7.11. The van der Waals surface area contributed by atoms with Gasteiger partial charge in [-0.05, 0) is 60.8 Å². The average Bonchev–Trinajstić information content (AvgIpc) is 2.83. The van der Waals surface area contributed by atoms with Gasteiger partial charge < -0.3 is 9.73 Å². The molecule has 0 radical (unpaired) electrons. The van der Waals surface area contributed by atoms with Crippen molar-refractivity contribution in [1.29, 1.82) is 0 Å². The lowest BCUT2D eigenvalue weighted by atomic mass is 10.0. The van der Waals surface area contributed by atoms with Crippen molar-refractivity contribution in [2.75, 3.05) is 6.54 Å². The highest BCUT2D eigenvalue weighted by Crippen LogP contribution is 2.26. The summed E-state index contributed by atoms with van der Waals surface area (Å²) in [7, 11) is 0. The van der Waals surface area contributed by atoms with Crippen LogP contribution in [0.3, 0.4) is 0 Å². The number of rotatable bonds is 6. The Morgan fingerprint density at radius 2 is 2.05 bits per heavy atom. The van der Waals surface area contributed by atoms with Crippen molar-refractivity contribution < 1.29 is 8.81 Å². The van der Waals surface area contributed by atoms with Crippen molar-refractivity contribution >= 4 is 23.2 Å². The highest BCUT2D eigenvalue weighted by molar-refractivity contribution is 6.31. The number of halogens is 3. The van der Waals surface area contributed by atoms with Gasteiger partial charge in [0.25, 0.3) is 0 Å². The van der Waals surface area contributed by atoms with E-state index in [0.717, 1.165) is 24.3 Å². The van der Waals surface area contributed by atoms with Crippen LogP contribution in [0.25, 0.3) is 0 Å². The van der Waals surface area contributed by atoms with Gasteiger partial charge in [-0.1, -0.05) is 24.6 Å². The lowest BCUT2D eigenvalue weighted by Crippen LogP contribution is -2.23. The molecule has 1 N–H and O–H groups in total. The van der Waals surface area contributed by atoms with Gasteiger partial charge in [0.05, 0.1) is 6.04 Å². The molecule has 1 atom stereocenters. The predicted octanol–water partition coefficient (Wildman–Crippen LogP) is 5.01. The van der Waals surface area contributed by atoms with E-state index in [-0.39, 0.29) is 11.9 Å². The topological polar surface area (TPSA) is 25.2 Å². The van der Waals surface area contributed by atoms with E-state index in [1.807, 2.05) is 6.07 Å². The maximum Gasteiger partial charge on any atom is 0.193 e. The minimum atomic E-state index is -0.335. The van der Waals surface area contributed by atoms with Gasteiger partial charge >= 0.3 is 0 Å². The van der Waals surface area contributed by atoms with E-state index in [9.17, 15) is 4.39 Å². The highest BCUT2D eigenvalue weighted by atomic mass is 35.5. The largest absolute Gasteiger partial charge is 0.448 e. The van der Waals surface area contributed by atoms with Crippen molar-refractivity contribution in [2.24, 2.45) is 0 Å². The SMILES string of the molecule is CCCNC(Cc1ccc(F)cc1Cl)c1ccc(Cl)o1. The Labute approximate surface area is 127 Å². The number of nitrogens with one attached hydrogen (secondary N) is 1. The van der Waals surface area contributed by atoms with Crippen LogP contribution in [-0.2, 0) is 6.42 Å². The molecule has 0 aliphatic heterocycles. The molecule has 0 bridgehead atoms. The van der Waals surface area contributed by atoms with Crippen LogP contribution < -0.4 is 5.32 Å². The maximum absolute atomic E-state index is 13.1. The van der Waals surface area contributed by atoms with Gasteiger partial charge in [-0.25, -0.2) is 4.39 Å². The standard InChI is InChI=1S/C15H16Cl2FNO/c1-2-7-19-13(14-5-6-15(17)20-14)8-10-3-4-11(18)9-12(10)16/h3-6,9,13,19H,2,7-8H2,1H3. The molecule has 1 aromatic carbocycles. The summed E-state index contributed by atoms with van der Waals surface area (Å²) in [6.45, 7) is 2.94. The van der Waals surface area contributed by atoms with E-state index in [2.05, 4.69) is 12.2 Å². The first-order chi connectivity index (χ1) is 9.60. The summed E-state index contributed by atoms with van der Waals surface area (Å²) in [6.07, 6.45) is 1.62. The van der Waals surface area contributed by atoms with Crippen LogP contribution in [0.1, 0.15) is 30.7 Å². The third kappa shape index (κ3) is 3.98. The fraction of sp³-hybridized carbons (Fsp3) is 0.333. The molecule has 0 amide bonds. The lowest BCUT2D eigenvalue weighted by Gasteiger charge is -2.17. The summed E-state index contributed by atoms with van der Waals surface area (Å²) >= 11 is 11.9. The number of benzene rings is 1. The molecular formula is C15H16Cl2FNO. The molecule has 1 aromatic heterocycles. The summed E-state index contributed by atoms with van der Waals surface area (Å²) in [5, 5.41) is 4.16. The molecule has 2 aromatic rings. The molecule has 108 valence electrons. The lowest BCUT2D eigenvalue weighted by molar-refractivity contribution is 0.411. The van der Waals surface area contributed by atoms with Crippen LogP contribution in [0.15, 0.2) is 34.7 Å². The Morgan fingerprint density at radius 1 is 1.25 bits per heavy atom. The molecule has 20 heavy (non-hydrogen) atoms. The second-order valence-corrected chi connectivity index (χ2v) is 5.37. The van der Waals surface area contributed by atoms with Gasteiger partial charge in [0.1, 0.15) is 11.6 Å². The van der Waals surface area contributed by atoms with E-state index in [4.69, 9.17) is 27.6 Å². The Morgan fingerprint density at radius 3 is 2.65 bits per heavy atom. The van der Waals surface area contributed by atoms with E-state index in [1.165, 1.54) is 12.1 Å². The smallest absolute Gasteiger partial charge is 0.193 e. The molecular weight excluding hydrogens is 300 g/mol. The molecule has 0 aliphatic rings. The molecule has 0 saturated heterocycles. The fourth-order valence-corrected chi connectivity index (χ4v) is 2.41. The van der Waals surface area contributed by atoms with Crippen molar-refractivity contribution in [2.45, 2.75) is 25.8 Å². The number of hydrogen-bond donors (Lipinski definition) is 1. The number of hydrogen-bond acceptors (Lipinski definition) is 2. The van der Waals surface area contributed by atoms with Gasteiger partial charge in [-0.2, -0.15) is 0 Å². The quantitative estimate of drug-likeness (QED) is 0.810. The van der Waals surface area contributed by atoms with Gasteiger partial charge in [0, 0.05) is 5.02 Å². The van der Waals surface area contributed by atoms with Crippen LogP contribution in [0.5, 0.6) is 0 Å². The van der Waals surface area contributed by atoms with Crippen molar-refractivity contribution in [3.05, 3.63) is 57.7 Å². The summed E-state index contributed by atoms with van der Waals surface area (Å²) in [4.78, 5) is 0. The van der Waals surface area contributed by atoms with Gasteiger partial charge in [0.2, 0.25) is 0 Å². The summed E-state index contributed by atoms with van der Waals surface area (Å²) in [5.41, 5.74) is 0.870. The Hall–Kier alpha value is -1.03. The first-order valence-corrected chi connectivity index (χ1v) is 7.28. The van der Waals surface area contributed by atoms with Crippen molar-refractivity contribution in [1.82, 2.24) is 5.32 Å². The Balaban J connectivity index is 2.18. The Kier molecular flexibility index (Phi) is 5.46. The van der Waals surface area contributed by atoms with E-state index in [1.54, 1.807) is 12.1 Å². The molecule has 1 heterocycles. The first kappa shape index (κ1) is 15.4. The molecule has 2 rings (SSSR count). The summed E-state index contributed by atoms with van der Waals surface area (Å²) in [6, 6.07) is 7.95. The molecule has 0 saturated carbocycles. The van der Waals surface area contributed by atoms with E-state index < -0.39 is 0 Å². The minimum absolute atomic E-state index is 0.0367.